The van der Waals surface area contributed by atoms with Gasteiger partial charge in [0.15, 0.2) is 0 Å². The van der Waals surface area contributed by atoms with Crippen molar-refractivity contribution in [2.24, 2.45) is 0 Å². The quantitative estimate of drug-likeness (QED) is 0.472. The first kappa shape index (κ1) is 23.3. The molecule has 0 saturated carbocycles. The van der Waals surface area contributed by atoms with Gasteiger partial charge in [-0.15, -0.1) is 0 Å². The lowest BCUT2D eigenvalue weighted by atomic mass is 10.0. The van der Waals surface area contributed by atoms with Crippen molar-refractivity contribution < 1.29 is 17.6 Å². The summed E-state index contributed by atoms with van der Waals surface area (Å²) in [5.41, 5.74) is 1.99. The molecule has 0 aliphatic carbocycles. The van der Waals surface area contributed by atoms with Gasteiger partial charge in [0.05, 0.1) is 16.6 Å². The summed E-state index contributed by atoms with van der Waals surface area (Å²) in [4.78, 5) is 15.2. The number of hydrogen-bond donors (Lipinski definition) is 0. The maximum Gasteiger partial charge on any atom is 0.264 e. The third-order valence-corrected chi connectivity index (χ3v) is 7.82. The molecule has 0 aromatic heterocycles. The second-order valence-corrected chi connectivity index (χ2v) is 10.4. The molecule has 5 nitrogen and oxygen atoms in total. The first-order valence-corrected chi connectivity index (χ1v) is 12.5. The van der Waals surface area contributed by atoms with Gasteiger partial charge in [-0.1, -0.05) is 35.9 Å². The van der Waals surface area contributed by atoms with Crippen molar-refractivity contribution in [1.29, 1.82) is 0 Å². The van der Waals surface area contributed by atoms with Gasteiger partial charge in [-0.2, -0.15) is 0 Å². The maximum absolute atomic E-state index is 13.6. The molecule has 1 aliphatic rings. The molecule has 1 unspecified atom stereocenters. The lowest BCUT2D eigenvalue weighted by Gasteiger charge is -2.30. The van der Waals surface area contributed by atoms with Crippen molar-refractivity contribution in [2.75, 3.05) is 17.4 Å². The number of anilines is 1. The molecular weight excluding hydrogens is 463 g/mol. The Morgan fingerprint density at radius 3 is 2.45 bits per heavy atom. The van der Waals surface area contributed by atoms with Crippen LogP contribution in [-0.2, 0) is 14.8 Å². The number of hydrogen-bond acceptors (Lipinski definition) is 3. The first-order valence-electron chi connectivity index (χ1n) is 10.7. The molecule has 1 heterocycles. The van der Waals surface area contributed by atoms with Gasteiger partial charge < -0.3 is 4.90 Å². The minimum Gasteiger partial charge on any atom is -0.334 e. The highest BCUT2D eigenvalue weighted by Gasteiger charge is 2.34. The van der Waals surface area contributed by atoms with Crippen molar-refractivity contribution in [3.8, 4) is 0 Å². The number of nitrogens with zero attached hydrogens (tertiary/aromatic N) is 2. The number of aryl methyl sites for hydroxylation is 1. The van der Waals surface area contributed by atoms with Crippen molar-refractivity contribution in [2.45, 2.75) is 30.7 Å². The zero-order chi connectivity index (χ0) is 23.6. The normalized spacial score (nSPS) is 16.1. The predicted octanol–water partition coefficient (Wildman–Crippen LogP) is 5.35. The van der Waals surface area contributed by atoms with E-state index in [9.17, 15) is 17.6 Å². The van der Waals surface area contributed by atoms with Crippen molar-refractivity contribution in [3.05, 3.63) is 94.8 Å². The Kier molecular flexibility index (Phi) is 6.72. The Labute approximate surface area is 198 Å². The smallest absolute Gasteiger partial charge is 0.264 e. The van der Waals surface area contributed by atoms with E-state index < -0.39 is 10.0 Å². The molecule has 1 atom stereocenters. The van der Waals surface area contributed by atoms with E-state index in [4.69, 9.17) is 11.6 Å². The van der Waals surface area contributed by atoms with Crippen LogP contribution in [0.15, 0.2) is 77.7 Å². The van der Waals surface area contributed by atoms with Crippen molar-refractivity contribution in [3.63, 3.8) is 0 Å². The summed E-state index contributed by atoms with van der Waals surface area (Å²) in [6.07, 6.45) is 1.53. The highest BCUT2D eigenvalue weighted by Crippen LogP contribution is 2.33. The molecule has 4 rings (SSSR count). The molecule has 1 amide bonds. The lowest BCUT2D eigenvalue weighted by Crippen LogP contribution is -2.42. The molecule has 3 aromatic carbocycles. The van der Waals surface area contributed by atoms with Crippen LogP contribution in [0.3, 0.4) is 0 Å². The first-order chi connectivity index (χ1) is 15.8. The zero-order valence-electron chi connectivity index (χ0n) is 18.1. The Bertz CT molecular complexity index is 1250. The van der Waals surface area contributed by atoms with Crippen LogP contribution in [-0.4, -0.2) is 32.3 Å². The number of sulfonamides is 1. The van der Waals surface area contributed by atoms with Gasteiger partial charge in [-0.25, -0.2) is 12.8 Å². The van der Waals surface area contributed by atoms with E-state index in [1.165, 1.54) is 18.2 Å². The molecule has 172 valence electrons. The van der Waals surface area contributed by atoms with Gasteiger partial charge in [0, 0.05) is 11.6 Å². The lowest BCUT2D eigenvalue weighted by molar-refractivity contribution is -0.130. The minimum absolute atomic E-state index is 0.113. The van der Waals surface area contributed by atoms with Crippen LogP contribution in [0.4, 0.5) is 10.1 Å². The third-order valence-electron chi connectivity index (χ3n) is 5.80. The van der Waals surface area contributed by atoms with Crippen molar-refractivity contribution in [1.82, 2.24) is 4.90 Å². The fourth-order valence-corrected chi connectivity index (χ4v) is 5.78. The van der Waals surface area contributed by atoms with E-state index in [1.54, 1.807) is 53.4 Å². The van der Waals surface area contributed by atoms with Gasteiger partial charge in [-0.05, 0) is 79.4 Å². The van der Waals surface area contributed by atoms with Crippen LogP contribution in [0, 0.1) is 12.7 Å². The van der Waals surface area contributed by atoms with Gasteiger partial charge in [0.2, 0.25) is 5.91 Å². The summed E-state index contributed by atoms with van der Waals surface area (Å²) in [5.74, 6) is -0.652. The number of benzene rings is 3. The molecular formula is C25H24ClFN2O3S. The summed E-state index contributed by atoms with van der Waals surface area (Å²) >= 11 is 6.01. The Morgan fingerprint density at radius 1 is 1.09 bits per heavy atom. The number of carbonyl (C=O) groups is 1. The molecule has 3 aromatic rings. The molecule has 1 fully saturated rings. The largest absolute Gasteiger partial charge is 0.334 e. The standard InChI is InChI=1S/C25H24ClFN2O3S/c1-18-4-2-5-23(16-18)33(31,32)29(22-13-9-20(26)10-14-22)17-25(30)28-15-3-6-24(28)19-7-11-21(27)12-8-19/h2,4-5,7-14,16,24H,3,6,15,17H2,1H3. The number of likely N-dealkylation sites (tertiary alicyclic amines) is 1. The average Bonchev–Trinajstić information content (AvgIpc) is 3.28. The van der Waals surface area contributed by atoms with Crippen LogP contribution in [0.1, 0.15) is 30.0 Å². The highest BCUT2D eigenvalue weighted by atomic mass is 35.5. The van der Waals surface area contributed by atoms with E-state index in [1.807, 2.05) is 13.0 Å². The second kappa shape index (κ2) is 9.53. The molecule has 1 saturated heterocycles. The van der Waals surface area contributed by atoms with E-state index in [-0.39, 0.29) is 29.2 Å². The van der Waals surface area contributed by atoms with Crippen LogP contribution >= 0.6 is 11.6 Å². The Balaban J connectivity index is 1.67. The summed E-state index contributed by atoms with van der Waals surface area (Å²) in [6.45, 7) is 1.98. The summed E-state index contributed by atoms with van der Waals surface area (Å²) in [7, 11) is -4.01. The van der Waals surface area contributed by atoms with Crippen LogP contribution in [0.25, 0.3) is 0 Å². The zero-order valence-corrected chi connectivity index (χ0v) is 19.7. The molecule has 0 radical (unpaired) electrons. The monoisotopic (exact) mass is 486 g/mol. The fourth-order valence-electron chi connectivity index (χ4n) is 4.14. The van der Waals surface area contributed by atoms with Crippen LogP contribution in [0.2, 0.25) is 5.02 Å². The summed E-state index contributed by atoms with van der Waals surface area (Å²) in [5, 5.41) is 0.467. The predicted molar refractivity (Wildman–Crippen MR) is 127 cm³/mol. The van der Waals surface area contributed by atoms with Gasteiger partial charge in [-0.3, -0.25) is 9.10 Å². The molecule has 0 bridgehead atoms. The topological polar surface area (TPSA) is 57.7 Å². The number of amides is 1. The van der Waals surface area contributed by atoms with E-state index in [2.05, 4.69) is 0 Å². The van der Waals surface area contributed by atoms with Crippen LogP contribution in [0.5, 0.6) is 0 Å². The average molecular weight is 487 g/mol. The summed E-state index contributed by atoms with van der Waals surface area (Å²) in [6, 6.07) is 18.8. The number of halogens is 2. The van der Waals surface area contributed by atoms with E-state index >= 15 is 0 Å². The van der Waals surface area contributed by atoms with Gasteiger partial charge in [0.25, 0.3) is 10.0 Å². The molecule has 0 N–H and O–H groups in total. The van der Waals surface area contributed by atoms with Crippen LogP contribution < -0.4 is 4.31 Å². The minimum atomic E-state index is -4.01. The fraction of sp³-hybridized carbons (Fsp3) is 0.240. The Morgan fingerprint density at radius 2 is 1.79 bits per heavy atom. The van der Waals surface area contributed by atoms with Crippen molar-refractivity contribution >= 4 is 33.2 Å². The second-order valence-electron chi connectivity index (χ2n) is 8.10. The molecule has 1 aliphatic heterocycles. The molecule has 0 spiro atoms. The Hall–Kier alpha value is -2.90. The number of rotatable bonds is 6. The van der Waals surface area contributed by atoms with E-state index in [0.717, 1.165) is 28.3 Å². The third kappa shape index (κ3) is 5.04. The molecule has 33 heavy (non-hydrogen) atoms. The summed E-state index contributed by atoms with van der Waals surface area (Å²) < 4.78 is 41.7. The highest BCUT2D eigenvalue weighted by molar-refractivity contribution is 7.92. The number of carbonyl (C=O) groups excluding carboxylic acids is 1. The maximum atomic E-state index is 13.6. The van der Waals surface area contributed by atoms with E-state index in [0.29, 0.717) is 17.3 Å². The van der Waals surface area contributed by atoms with Gasteiger partial charge >= 0.3 is 0 Å². The SMILES string of the molecule is Cc1cccc(S(=O)(=O)N(CC(=O)N2CCCC2c2ccc(F)cc2)c2ccc(Cl)cc2)c1. The van der Waals surface area contributed by atoms with Gasteiger partial charge in [0.1, 0.15) is 12.4 Å². The molecule has 8 heteroatoms.